The van der Waals surface area contributed by atoms with Crippen LogP contribution in [0.4, 0.5) is 0 Å². The summed E-state index contributed by atoms with van der Waals surface area (Å²) in [4.78, 5) is 22.1. The molecule has 24 heavy (non-hydrogen) atoms. The number of ether oxygens (including phenoxy) is 1. The van der Waals surface area contributed by atoms with Crippen LogP contribution in [0.25, 0.3) is 10.9 Å². The Hall–Kier alpha value is -1.76. The number of nitrogens with zero attached hydrogens (tertiary/aromatic N) is 4. The van der Waals surface area contributed by atoms with Crippen molar-refractivity contribution in [3.05, 3.63) is 40.4 Å². The van der Waals surface area contributed by atoms with E-state index in [0.717, 1.165) is 63.7 Å². The topological polar surface area (TPSA) is 50.6 Å². The monoisotopic (exact) mass is 328 g/mol. The van der Waals surface area contributed by atoms with Gasteiger partial charge in [-0.25, -0.2) is 4.98 Å². The summed E-state index contributed by atoms with van der Waals surface area (Å²) in [5.74, 6) is 0.844. The largest absolute Gasteiger partial charge is 0.380 e. The van der Waals surface area contributed by atoms with Gasteiger partial charge in [0.25, 0.3) is 5.56 Å². The quantitative estimate of drug-likeness (QED) is 0.836. The smallest absolute Gasteiger partial charge is 0.261 e. The van der Waals surface area contributed by atoms with Crippen LogP contribution < -0.4 is 5.56 Å². The molecule has 0 radical (unpaired) electrons. The second-order valence-corrected chi connectivity index (χ2v) is 6.74. The first kappa shape index (κ1) is 15.7. The Balaban J connectivity index is 1.47. The molecule has 2 saturated heterocycles. The third kappa shape index (κ3) is 2.97. The van der Waals surface area contributed by atoms with Crippen molar-refractivity contribution in [3.8, 4) is 0 Å². The maximum atomic E-state index is 12.5. The zero-order valence-corrected chi connectivity index (χ0v) is 14.1. The molecule has 2 fully saturated rings. The first-order valence-electron chi connectivity index (χ1n) is 8.71. The Labute approximate surface area is 141 Å². The maximum Gasteiger partial charge on any atom is 0.261 e. The van der Waals surface area contributed by atoms with Gasteiger partial charge in [0.2, 0.25) is 0 Å². The van der Waals surface area contributed by atoms with Crippen LogP contribution in [0.5, 0.6) is 0 Å². The summed E-state index contributed by atoms with van der Waals surface area (Å²) in [5.41, 5.74) is 0.828. The molecule has 2 aliphatic heterocycles. The molecule has 1 aromatic heterocycles. The molecule has 1 atom stereocenters. The van der Waals surface area contributed by atoms with E-state index in [0.29, 0.717) is 11.4 Å². The van der Waals surface area contributed by atoms with Gasteiger partial charge in [0.1, 0.15) is 5.82 Å². The first-order valence-corrected chi connectivity index (χ1v) is 8.71. The van der Waals surface area contributed by atoms with Crippen molar-refractivity contribution >= 4 is 10.9 Å². The number of fused-ring (bicyclic) bond motifs is 1. The van der Waals surface area contributed by atoms with Gasteiger partial charge in [0, 0.05) is 45.9 Å². The molecule has 0 amide bonds. The van der Waals surface area contributed by atoms with Gasteiger partial charge in [-0.05, 0) is 18.6 Å². The van der Waals surface area contributed by atoms with E-state index in [2.05, 4.69) is 9.80 Å². The fourth-order valence-electron chi connectivity index (χ4n) is 3.70. The number of benzene rings is 1. The van der Waals surface area contributed by atoms with Gasteiger partial charge < -0.3 is 4.74 Å². The molecular weight excluding hydrogens is 304 g/mol. The highest BCUT2D eigenvalue weighted by atomic mass is 16.5. The zero-order chi connectivity index (χ0) is 16.5. The lowest BCUT2D eigenvalue weighted by Crippen LogP contribution is -2.50. The SMILES string of the molecule is Cn1c(CN2CCN([C@@H]3CCOC3)CC2)nc2ccccc2c1=O. The standard InChI is InChI=1S/C18H24N4O2/c1-20-17(19-16-5-3-2-4-15(16)18(20)23)12-21-7-9-22(10-8-21)14-6-11-24-13-14/h2-5,14H,6-13H2,1H3/t14-/m1/s1. The van der Waals surface area contributed by atoms with Gasteiger partial charge in [-0.2, -0.15) is 0 Å². The van der Waals surface area contributed by atoms with Crippen molar-refractivity contribution in [2.75, 3.05) is 39.4 Å². The summed E-state index contributed by atoms with van der Waals surface area (Å²) >= 11 is 0. The van der Waals surface area contributed by atoms with Crippen molar-refractivity contribution in [2.45, 2.75) is 19.0 Å². The number of hydrogen-bond donors (Lipinski definition) is 0. The van der Waals surface area contributed by atoms with Crippen LogP contribution in [-0.2, 0) is 18.3 Å². The van der Waals surface area contributed by atoms with Crippen molar-refractivity contribution in [1.82, 2.24) is 19.4 Å². The van der Waals surface area contributed by atoms with Crippen molar-refractivity contribution in [3.63, 3.8) is 0 Å². The predicted molar refractivity (Wildman–Crippen MR) is 93.1 cm³/mol. The van der Waals surface area contributed by atoms with Gasteiger partial charge >= 0.3 is 0 Å². The van der Waals surface area contributed by atoms with E-state index in [1.54, 1.807) is 4.57 Å². The summed E-state index contributed by atoms with van der Waals surface area (Å²) in [6.07, 6.45) is 1.15. The summed E-state index contributed by atoms with van der Waals surface area (Å²) in [5, 5.41) is 0.690. The van der Waals surface area contributed by atoms with Crippen LogP contribution >= 0.6 is 0 Å². The molecule has 0 saturated carbocycles. The van der Waals surface area contributed by atoms with Crippen LogP contribution in [0.2, 0.25) is 0 Å². The van der Waals surface area contributed by atoms with Gasteiger partial charge in [0.15, 0.2) is 0 Å². The number of hydrogen-bond acceptors (Lipinski definition) is 5. The molecule has 0 bridgehead atoms. The van der Waals surface area contributed by atoms with E-state index in [1.165, 1.54) is 0 Å². The van der Waals surface area contributed by atoms with Crippen LogP contribution in [0.3, 0.4) is 0 Å². The molecule has 4 rings (SSSR count). The number of rotatable bonds is 3. The molecule has 0 aliphatic carbocycles. The summed E-state index contributed by atoms with van der Waals surface area (Å²) in [6, 6.07) is 8.17. The van der Waals surface area contributed by atoms with Crippen molar-refractivity contribution in [1.29, 1.82) is 0 Å². The van der Waals surface area contributed by atoms with Crippen LogP contribution in [-0.4, -0.2) is 64.8 Å². The summed E-state index contributed by atoms with van der Waals surface area (Å²) in [6.45, 7) is 6.66. The second kappa shape index (κ2) is 6.63. The Kier molecular flexibility index (Phi) is 4.35. The molecule has 3 heterocycles. The number of aromatic nitrogens is 2. The Morgan fingerprint density at radius 3 is 2.75 bits per heavy atom. The normalized spacial score (nSPS) is 23.1. The molecule has 0 spiro atoms. The number of piperazine rings is 1. The summed E-state index contributed by atoms with van der Waals surface area (Å²) < 4.78 is 7.19. The third-order valence-corrected chi connectivity index (χ3v) is 5.27. The van der Waals surface area contributed by atoms with E-state index in [4.69, 9.17) is 9.72 Å². The second-order valence-electron chi connectivity index (χ2n) is 6.74. The molecule has 2 aliphatic rings. The Bertz CT molecular complexity index is 774. The van der Waals surface area contributed by atoms with E-state index in [9.17, 15) is 4.79 Å². The fourth-order valence-corrected chi connectivity index (χ4v) is 3.70. The van der Waals surface area contributed by atoms with Gasteiger partial charge in [-0.15, -0.1) is 0 Å². The summed E-state index contributed by atoms with van der Waals surface area (Å²) in [7, 11) is 1.82. The van der Waals surface area contributed by atoms with Crippen LogP contribution in [0.1, 0.15) is 12.2 Å². The average Bonchev–Trinajstić information content (AvgIpc) is 3.15. The predicted octanol–water partition coefficient (Wildman–Crippen LogP) is 0.840. The minimum absolute atomic E-state index is 0.0392. The van der Waals surface area contributed by atoms with Crippen molar-refractivity contribution < 1.29 is 4.74 Å². The maximum absolute atomic E-state index is 12.5. The van der Waals surface area contributed by atoms with Crippen LogP contribution in [0.15, 0.2) is 29.1 Å². The van der Waals surface area contributed by atoms with Gasteiger partial charge in [-0.1, -0.05) is 12.1 Å². The molecule has 6 nitrogen and oxygen atoms in total. The van der Waals surface area contributed by atoms with Gasteiger partial charge in [0.05, 0.1) is 24.1 Å². The fraction of sp³-hybridized carbons (Fsp3) is 0.556. The van der Waals surface area contributed by atoms with E-state index >= 15 is 0 Å². The van der Waals surface area contributed by atoms with Crippen LogP contribution in [0, 0.1) is 0 Å². The lowest BCUT2D eigenvalue weighted by molar-refractivity contribution is 0.0797. The van der Waals surface area contributed by atoms with E-state index in [1.807, 2.05) is 31.3 Å². The highest BCUT2D eigenvalue weighted by Gasteiger charge is 2.27. The molecule has 2 aromatic rings. The zero-order valence-electron chi connectivity index (χ0n) is 14.1. The lowest BCUT2D eigenvalue weighted by Gasteiger charge is -2.37. The average molecular weight is 328 g/mol. The highest BCUT2D eigenvalue weighted by molar-refractivity contribution is 5.77. The molecule has 0 unspecified atom stereocenters. The lowest BCUT2D eigenvalue weighted by atomic mass is 10.2. The Morgan fingerprint density at radius 2 is 2.00 bits per heavy atom. The molecule has 6 heteroatoms. The minimum Gasteiger partial charge on any atom is -0.380 e. The van der Waals surface area contributed by atoms with Crippen molar-refractivity contribution in [2.24, 2.45) is 7.05 Å². The molecule has 0 N–H and O–H groups in total. The minimum atomic E-state index is 0.0392. The molecule has 128 valence electrons. The molecule has 1 aromatic carbocycles. The molecular formula is C18H24N4O2. The van der Waals surface area contributed by atoms with E-state index in [-0.39, 0.29) is 5.56 Å². The third-order valence-electron chi connectivity index (χ3n) is 5.27. The Morgan fingerprint density at radius 1 is 1.21 bits per heavy atom. The highest BCUT2D eigenvalue weighted by Crippen LogP contribution is 2.16. The first-order chi connectivity index (χ1) is 11.7. The number of para-hydroxylation sites is 1. The van der Waals surface area contributed by atoms with Gasteiger partial charge in [-0.3, -0.25) is 19.2 Å². The van der Waals surface area contributed by atoms with E-state index < -0.39 is 0 Å².